The van der Waals surface area contributed by atoms with E-state index in [-0.39, 0.29) is 0 Å². The normalized spacial score (nSPS) is 20.8. The van der Waals surface area contributed by atoms with Crippen LogP contribution in [0.3, 0.4) is 0 Å². The first-order valence-corrected chi connectivity index (χ1v) is 8.06. The highest BCUT2D eigenvalue weighted by molar-refractivity contribution is 6.31. The SMILES string of the molecule is CCn1nc(C)c(Cl)c1CN1CCNC(CC(C)C)C1. The molecule has 2 heterocycles. The maximum atomic E-state index is 6.41. The molecular formula is C15H27ClN4. The Kier molecular flexibility index (Phi) is 5.47. The van der Waals surface area contributed by atoms with E-state index in [4.69, 9.17) is 11.6 Å². The zero-order valence-corrected chi connectivity index (χ0v) is 13.9. The smallest absolute Gasteiger partial charge is 0.0860 e. The van der Waals surface area contributed by atoms with Crippen LogP contribution in [0.5, 0.6) is 0 Å². The first kappa shape index (κ1) is 15.8. The van der Waals surface area contributed by atoms with Crippen LogP contribution in [-0.2, 0) is 13.1 Å². The van der Waals surface area contributed by atoms with E-state index in [1.807, 2.05) is 11.6 Å². The van der Waals surface area contributed by atoms with Crippen molar-refractivity contribution in [2.75, 3.05) is 19.6 Å². The summed E-state index contributed by atoms with van der Waals surface area (Å²) in [5, 5.41) is 8.96. The summed E-state index contributed by atoms with van der Waals surface area (Å²) in [6, 6.07) is 0.599. The van der Waals surface area contributed by atoms with Gasteiger partial charge in [-0.25, -0.2) is 0 Å². The molecule has 0 saturated carbocycles. The van der Waals surface area contributed by atoms with Crippen LogP contribution in [0, 0.1) is 12.8 Å². The van der Waals surface area contributed by atoms with Crippen LogP contribution in [-0.4, -0.2) is 40.4 Å². The Morgan fingerprint density at radius 3 is 2.85 bits per heavy atom. The van der Waals surface area contributed by atoms with Crippen molar-refractivity contribution in [3.8, 4) is 0 Å². The highest BCUT2D eigenvalue weighted by atomic mass is 35.5. The van der Waals surface area contributed by atoms with Gasteiger partial charge in [-0.3, -0.25) is 9.58 Å². The van der Waals surface area contributed by atoms with Crippen LogP contribution in [0.15, 0.2) is 0 Å². The van der Waals surface area contributed by atoms with Crippen LogP contribution in [0.1, 0.15) is 38.6 Å². The highest BCUT2D eigenvalue weighted by Crippen LogP contribution is 2.22. The second-order valence-electron chi connectivity index (χ2n) is 6.18. The maximum Gasteiger partial charge on any atom is 0.0860 e. The van der Waals surface area contributed by atoms with Gasteiger partial charge in [0.25, 0.3) is 0 Å². The summed E-state index contributed by atoms with van der Waals surface area (Å²) < 4.78 is 2.04. The lowest BCUT2D eigenvalue weighted by atomic mass is 10.0. The van der Waals surface area contributed by atoms with E-state index >= 15 is 0 Å². The van der Waals surface area contributed by atoms with Crippen molar-refractivity contribution in [2.45, 2.75) is 53.2 Å². The van der Waals surface area contributed by atoms with E-state index in [0.717, 1.165) is 55.1 Å². The molecule has 1 saturated heterocycles. The molecular weight excluding hydrogens is 272 g/mol. The van der Waals surface area contributed by atoms with E-state index < -0.39 is 0 Å². The van der Waals surface area contributed by atoms with E-state index in [1.54, 1.807) is 0 Å². The van der Waals surface area contributed by atoms with Gasteiger partial charge in [-0.2, -0.15) is 5.10 Å². The van der Waals surface area contributed by atoms with Crippen molar-refractivity contribution >= 4 is 11.6 Å². The minimum absolute atomic E-state index is 0.599. The fourth-order valence-electron chi connectivity index (χ4n) is 3.00. The lowest BCUT2D eigenvalue weighted by molar-refractivity contribution is 0.175. The van der Waals surface area contributed by atoms with E-state index in [1.165, 1.54) is 6.42 Å². The third kappa shape index (κ3) is 3.74. The molecule has 1 atom stereocenters. The van der Waals surface area contributed by atoms with Crippen molar-refractivity contribution in [3.05, 3.63) is 16.4 Å². The molecule has 1 aromatic heterocycles. The number of hydrogen-bond acceptors (Lipinski definition) is 3. The molecule has 0 bridgehead atoms. The summed E-state index contributed by atoms with van der Waals surface area (Å²) in [6.45, 7) is 13.7. The molecule has 4 nitrogen and oxygen atoms in total. The van der Waals surface area contributed by atoms with Gasteiger partial charge in [-0.1, -0.05) is 25.4 Å². The lowest BCUT2D eigenvalue weighted by Crippen LogP contribution is -2.50. The fourth-order valence-corrected chi connectivity index (χ4v) is 3.19. The van der Waals surface area contributed by atoms with Gasteiger partial charge in [-0.15, -0.1) is 0 Å². The number of aryl methyl sites for hydroxylation is 2. The number of rotatable bonds is 5. The van der Waals surface area contributed by atoms with Gasteiger partial charge in [0.15, 0.2) is 0 Å². The average molecular weight is 299 g/mol. The third-order valence-electron chi connectivity index (χ3n) is 3.92. The predicted molar refractivity (Wildman–Crippen MR) is 84.2 cm³/mol. The Balaban J connectivity index is 2.02. The van der Waals surface area contributed by atoms with E-state index in [0.29, 0.717) is 6.04 Å². The maximum absolute atomic E-state index is 6.41. The van der Waals surface area contributed by atoms with Gasteiger partial charge in [-0.05, 0) is 26.2 Å². The molecule has 0 radical (unpaired) electrons. The van der Waals surface area contributed by atoms with Crippen LogP contribution < -0.4 is 5.32 Å². The molecule has 1 aliphatic rings. The van der Waals surface area contributed by atoms with Gasteiger partial charge in [0, 0.05) is 38.8 Å². The Morgan fingerprint density at radius 1 is 1.45 bits per heavy atom. The summed E-state index contributed by atoms with van der Waals surface area (Å²) in [6.07, 6.45) is 1.23. The number of piperazine rings is 1. The van der Waals surface area contributed by atoms with E-state index in [2.05, 4.69) is 36.1 Å². The molecule has 2 rings (SSSR count). The van der Waals surface area contributed by atoms with Crippen LogP contribution in [0.4, 0.5) is 0 Å². The van der Waals surface area contributed by atoms with Gasteiger partial charge < -0.3 is 5.32 Å². The summed E-state index contributed by atoms with van der Waals surface area (Å²) in [4.78, 5) is 2.50. The molecule has 1 N–H and O–H groups in total. The summed E-state index contributed by atoms with van der Waals surface area (Å²) in [5.74, 6) is 0.736. The first-order chi connectivity index (χ1) is 9.51. The Labute approximate surface area is 127 Å². The van der Waals surface area contributed by atoms with Crippen LogP contribution in [0.2, 0.25) is 5.02 Å². The third-order valence-corrected chi connectivity index (χ3v) is 4.41. The Hall–Kier alpha value is -0.580. The van der Waals surface area contributed by atoms with Gasteiger partial charge >= 0.3 is 0 Å². The predicted octanol–water partition coefficient (Wildman–Crippen LogP) is 2.68. The van der Waals surface area contributed by atoms with Gasteiger partial charge in [0.2, 0.25) is 0 Å². The minimum Gasteiger partial charge on any atom is -0.311 e. The lowest BCUT2D eigenvalue weighted by Gasteiger charge is -2.34. The standard InChI is InChI=1S/C15H27ClN4/c1-5-20-14(15(16)12(4)18-20)10-19-7-6-17-13(9-19)8-11(2)3/h11,13,17H,5-10H2,1-4H3. The van der Waals surface area contributed by atoms with Gasteiger partial charge in [0.05, 0.1) is 16.4 Å². The van der Waals surface area contributed by atoms with Crippen molar-refractivity contribution in [1.29, 1.82) is 0 Å². The molecule has 1 aliphatic heterocycles. The van der Waals surface area contributed by atoms with Gasteiger partial charge in [0.1, 0.15) is 0 Å². The molecule has 0 amide bonds. The van der Waals surface area contributed by atoms with Crippen LogP contribution in [0.25, 0.3) is 0 Å². The first-order valence-electron chi connectivity index (χ1n) is 7.68. The molecule has 0 spiro atoms. The molecule has 5 heteroatoms. The molecule has 0 aliphatic carbocycles. The minimum atomic E-state index is 0.599. The number of nitrogens with zero attached hydrogens (tertiary/aromatic N) is 3. The zero-order chi connectivity index (χ0) is 14.7. The number of halogens is 1. The summed E-state index contributed by atoms with van der Waals surface area (Å²) in [5.41, 5.74) is 2.11. The number of aromatic nitrogens is 2. The molecule has 114 valence electrons. The van der Waals surface area contributed by atoms with Crippen molar-refractivity contribution in [2.24, 2.45) is 5.92 Å². The topological polar surface area (TPSA) is 33.1 Å². The second-order valence-corrected chi connectivity index (χ2v) is 6.56. The molecule has 1 aromatic rings. The fraction of sp³-hybridized carbons (Fsp3) is 0.800. The molecule has 0 aromatic carbocycles. The average Bonchev–Trinajstić information content (AvgIpc) is 2.66. The Bertz CT molecular complexity index is 441. The number of nitrogens with one attached hydrogen (secondary N) is 1. The molecule has 1 fully saturated rings. The van der Waals surface area contributed by atoms with Crippen molar-refractivity contribution in [1.82, 2.24) is 20.0 Å². The molecule has 1 unspecified atom stereocenters. The van der Waals surface area contributed by atoms with E-state index in [9.17, 15) is 0 Å². The van der Waals surface area contributed by atoms with Crippen LogP contribution >= 0.6 is 11.6 Å². The monoisotopic (exact) mass is 298 g/mol. The quantitative estimate of drug-likeness (QED) is 0.907. The Morgan fingerprint density at radius 2 is 2.20 bits per heavy atom. The summed E-state index contributed by atoms with van der Waals surface area (Å²) >= 11 is 6.41. The number of hydrogen-bond donors (Lipinski definition) is 1. The zero-order valence-electron chi connectivity index (χ0n) is 13.1. The van der Waals surface area contributed by atoms with Crippen molar-refractivity contribution < 1.29 is 0 Å². The largest absolute Gasteiger partial charge is 0.311 e. The second kappa shape index (κ2) is 6.92. The highest BCUT2D eigenvalue weighted by Gasteiger charge is 2.22. The molecule has 20 heavy (non-hydrogen) atoms. The summed E-state index contributed by atoms with van der Waals surface area (Å²) in [7, 11) is 0. The van der Waals surface area contributed by atoms with Crippen molar-refractivity contribution in [3.63, 3.8) is 0 Å².